The molecule has 5 heteroatoms. The van der Waals surface area contributed by atoms with Gasteiger partial charge in [-0.3, -0.25) is 4.55 Å². The van der Waals surface area contributed by atoms with Crippen LogP contribution < -0.4 is 0 Å². The van der Waals surface area contributed by atoms with E-state index in [-0.39, 0.29) is 12.5 Å². The van der Waals surface area contributed by atoms with Crippen LogP contribution in [0.25, 0.3) is 0 Å². The van der Waals surface area contributed by atoms with Crippen LogP contribution in [0, 0.1) is 5.92 Å². The zero-order valence-electron chi connectivity index (χ0n) is 7.49. The Bertz CT molecular complexity index is 197. The van der Waals surface area contributed by atoms with Crippen molar-refractivity contribution in [1.82, 2.24) is 0 Å². The van der Waals surface area contributed by atoms with Gasteiger partial charge >= 0.3 is 10.4 Å². The lowest BCUT2D eigenvalue weighted by Crippen LogP contribution is -2.13. The second kappa shape index (κ2) is 5.50. The molecule has 0 aliphatic rings. The molecule has 1 N–H and O–H groups in total. The summed E-state index contributed by atoms with van der Waals surface area (Å²) in [5.41, 5.74) is 0. The van der Waals surface area contributed by atoms with Gasteiger partial charge in [0.15, 0.2) is 0 Å². The summed E-state index contributed by atoms with van der Waals surface area (Å²) in [7, 11) is -4.25. The highest BCUT2D eigenvalue weighted by atomic mass is 32.3. The summed E-state index contributed by atoms with van der Waals surface area (Å²) >= 11 is 0. The van der Waals surface area contributed by atoms with Crippen LogP contribution in [-0.2, 0) is 14.6 Å². The van der Waals surface area contributed by atoms with Gasteiger partial charge in [0, 0.05) is 0 Å². The normalized spacial score (nSPS) is 14.6. The standard InChI is InChI=1S/C7H16O4S/c1-3-5-7(4-2)6-11-12(8,9)10/h7H,3-6H2,1-2H3,(H,8,9,10). The van der Waals surface area contributed by atoms with Crippen molar-refractivity contribution in [1.29, 1.82) is 0 Å². The molecule has 0 amide bonds. The Morgan fingerprint density at radius 1 is 1.42 bits per heavy atom. The van der Waals surface area contributed by atoms with E-state index in [0.29, 0.717) is 0 Å². The van der Waals surface area contributed by atoms with Crippen LogP contribution in [0.4, 0.5) is 0 Å². The second-order valence-corrected chi connectivity index (χ2v) is 3.87. The van der Waals surface area contributed by atoms with Crippen LogP contribution in [0.3, 0.4) is 0 Å². The summed E-state index contributed by atoms with van der Waals surface area (Å²) < 4.78 is 32.9. The lowest BCUT2D eigenvalue weighted by atomic mass is 10.0. The lowest BCUT2D eigenvalue weighted by Gasteiger charge is -2.11. The summed E-state index contributed by atoms with van der Waals surface area (Å²) in [6.45, 7) is 4.08. The third kappa shape index (κ3) is 6.57. The molecule has 1 atom stereocenters. The van der Waals surface area contributed by atoms with Crippen molar-refractivity contribution in [2.45, 2.75) is 33.1 Å². The lowest BCUT2D eigenvalue weighted by molar-refractivity contribution is 0.212. The van der Waals surface area contributed by atoms with Gasteiger partial charge in [-0.05, 0) is 12.3 Å². The molecule has 0 rings (SSSR count). The molecule has 0 aliphatic heterocycles. The minimum atomic E-state index is -4.25. The smallest absolute Gasteiger partial charge is 0.264 e. The van der Waals surface area contributed by atoms with E-state index in [1.54, 1.807) is 0 Å². The average molecular weight is 196 g/mol. The molecule has 0 saturated heterocycles. The van der Waals surface area contributed by atoms with E-state index in [1.807, 2.05) is 13.8 Å². The van der Waals surface area contributed by atoms with Gasteiger partial charge in [0.2, 0.25) is 0 Å². The van der Waals surface area contributed by atoms with Crippen LogP contribution in [0.15, 0.2) is 0 Å². The Balaban J connectivity index is 3.73. The highest BCUT2D eigenvalue weighted by molar-refractivity contribution is 7.80. The molecule has 0 heterocycles. The molecular weight excluding hydrogens is 180 g/mol. The Kier molecular flexibility index (Phi) is 5.44. The molecule has 0 saturated carbocycles. The number of hydrogen-bond donors (Lipinski definition) is 1. The fraction of sp³-hybridized carbons (Fsp3) is 1.00. The predicted molar refractivity (Wildman–Crippen MR) is 46.2 cm³/mol. The fourth-order valence-electron chi connectivity index (χ4n) is 0.996. The maximum Gasteiger partial charge on any atom is 0.397 e. The van der Waals surface area contributed by atoms with Gasteiger partial charge in [-0.25, -0.2) is 4.18 Å². The molecule has 4 nitrogen and oxygen atoms in total. The largest absolute Gasteiger partial charge is 0.397 e. The van der Waals surface area contributed by atoms with Gasteiger partial charge < -0.3 is 0 Å². The number of rotatable bonds is 6. The maximum absolute atomic E-state index is 10.2. The third-order valence-corrected chi connectivity index (χ3v) is 2.16. The molecule has 0 fully saturated rings. The van der Waals surface area contributed by atoms with E-state index in [4.69, 9.17) is 4.55 Å². The van der Waals surface area contributed by atoms with Crippen LogP contribution in [-0.4, -0.2) is 19.6 Å². The van der Waals surface area contributed by atoms with Crippen molar-refractivity contribution in [3.63, 3.8) is 0 Å². The first kappa shape index (κ1) is 11.9. The van der Waals surface area contributed by atoms with Gasteiger partial charge in [0.1, 0.15) is 0 Å². The van der Waals surface area contributed by atoms with Crippen LogP contribution >= 0.6 is 0 Å². The van der Waals surface area contributed by atoms with Gasteiger partial charge in [-0.15, -0.1) is 0 Å². The molecule has 0 bridgehead atoms. The molecule has 0 aromatic rings. The molecule has 74 valence electrons. The summed E-state index contributed by atoms with van der Waals surface area (Å²) in [6, 6.07) is 0. The molecule has 0 radical (unpaired) electrons. The maximum atomic E-state index is 10.2. The number of hydrogen-bond acceptors (Lipinski definition) is 3. The van der Waals surface area contributed by atoms with E-state index in [0.717, 1.165) is 19.3 Å². The van der Waals surface area contributed by atoms with Crippen LogP contribution in [0.5, 0.6) is 0 Å². The van der Waals surface area contributed by atoms with Crippen molar-refractivity contribution in [3.05, 3.63) is 0 Å². The zero-order chi connectivity index (χ0) is 9.61. The Hall–Kier alpha value is -0.130. The molecule has 0 aliphatic carbocycles. The average Bonchev–Trinajstić information content (AvgIpc) is 1.96. The van der Waals surface area contributed by atoms with E-state index < -0.39 is 10.4 Å². The van der Waals surface area contributed by atoms with Crippen LogP contribution in [0.2, 0.25) is 0 Å². The monoisotopic (exact) mass is 196 g/mol. The summed E-state index contributed by atoms with van der Waals surface area (Å²) in [4.78, 5) is 0. The quantitative estimate of drug-likeness (QED) is 0.656. The van der Waals surface area contributed by atoms with Crippen LogP contribution in [0.1, 0.15) is 33.1 Å². The highest BCUT2D eigenvalue weighted by Gasteiger charge is 2.10. The summed E-state index contributed by atoms with van der Waals surface area (Å²) in [5.74, 6) is 0.219. The van der Waals surface area contributed by atoms with Crippen molar-refractivity contribution in [3.8, 4) is 0 Å². The van der Waals surface area contributed by atoms with Crippen molar-refractivity contribution in [2.24, 2.45) is 5.92 Å². The highest BCUT2D eigenvalue weighted by Crippen LogP contribution is 2.11. The van der Waals surface area contributed by atoms with Crippen molar-refractivity contribution in [2.75, 3.05) is 6.61 Å². The van der Waals surface area contributed by atoms with Crippen molar-refractivity contribution < 1.29 is 17.2 Å². The topological polar surface area (TPSA) is 63.6 Å². The van der Waals surface area contributed by atoms with Gasteiger partial charge in [0.25, 0.3) is 0 Å². The minimum absolute atomic E-state index is 0.0865. The van der Waals surface area contributed by atoms with Gasteiger partial charge in [-0.2, -0.15) is 8.42 Å². The molecule has 0 spiro atoms. The minimum Gasteiger partial charge on any atom is -0.264 e. The van der Waals surface area contributed by atoms with Gasteiger partial charge in [-0.1, -0.05) is 26.7 Å². The summed E-state index contributed by atoms with van der Waals surface area (Å²) in [5, 5.41) is 0. The third-order valence-electron chi connectivity index (χ3n) is 1.73. The van der Waals surface area contributed by atoms with Gasteiger partial charge in [0.05, 0.1) is 6.61 Å². The Morgan fingerprint density at radius 3 is 2.33 bits per heavy atom. The molecule has 12 heavy (non-hydrogen) atoms. The first-order valence-electron chi connectivity index (χ1n) is 4.11. The van der Waals surface area contributed by atoms with E-state index in [9.17, 15) is 8.42 Å². The van der Waals surface area contributed by atoms with E-state index in [2.05, 4.69) is 4.18 Å². The fourth-order valence-corrected chi connectivity index (χ4v) is 1.36. The SMILES string of the molecule is CCCC(CC)COS(=O)(=O)O. The van der Waals surface area contributed by atoms with E-state index >= 15 is 0 Å². The predicted octanol–water partition coefficient (Wildman–Crippen LogP) is 1.63. The molecule has 1 unspecified atom stereocenters. The zero-order valence-corrected chi connectivity index (χ0v) is 8.30. The molecular formula is C7H16O4S. The first-order valence-corrected chi connectivity index (χ1v) is 5.48. The second-order valence-electron chi connectivity index (χ2n) is 2.78. The van der Waals surface area contributed by atoms with Crippen molar-refractivity contribution >= 4 is 10.4 Å². The Labute approximate surface area is 73.9 Å². The van der Waals surface area contributed by atoms with E-state index in [1.165, 1.54) is 0 Å². The summed E-state index contributed by atoms with van der Waals surface area (Å²) in [6.07, 6.45) is 2.78. The molecule has 0 aromatic heterocycles. The Morgan fingerprint density at radius 2 is 2.00 bits per heavy atom. The molecule has 0 aromatic carbocycles. The first-order chi connectivity index (χ1) is 5.49.